The van der Waals surface area contributed by atoms with E-state index in [9.17, 15) is 13.6 Å². The number of amides is 2. The van der Waals surface area contributed by atoms with Crippen LogP contribution in [-0.4, -0.2) is 28.7 Å². The summed E-state index contributed by atoms with van der Waals surface area (Å²) in [5, 5.41) is 5.33. The maximum absolute atomic E-state index is 12.3. The Labute approximate surface area is 132 Å². The minimum Gasteiger partial charge on any atom is -0.434 e. The Balaban J connectivity index is 1.80. The molecule has 124 valence electrons. The van der Waals surface area contributed by atoms with Crippen LogP contribution in [0.15, 0.2) is 36.9 Å². The molecule has 2 N–H and O–H groups in total. The zero-order valence-corrected chi connectivity index (χ0v) is 12.6. The standard InChI is InChI=1S/C15H18F2N4O2/c1-11-12(4-2-5-13(11)23-14(16)17)20-15(22)19-6-3-8-21-9-7-18-10-21/h2,4-5,7,9-10,14H,3,6,8H2,1H3,(H2,19,20,22). The summed E-state index contributed by atoms with van der Waals surface area (Å²) >= 11 is 0. The van der Waals surface area contributed by atoms with Gasteiger partial charge >= 0.3 is 12.6 Å². The van der Waals surface area contributed by atoms with E-state index < -0.39 is 12.6 Å². The second-order valence-electron chi connectivity index (χ2n) is 4.84. The molecule has 0 aliphatic heterocycles. The van der Waals surface area contributed by atoms with Crippen molar-refractivity contribution in [3.05, 3.63) is 42.5 Å². The van der Waals surface area contributed by atoms with Crippen molar-refractivity contribution in [2.75, 3.05) is 11.9 Å². The predicted octanol–water partition coefficient (Wildman–Crippen LogP) is 3.00. The number of carbonyl (C=O) groups excluding carboxylic acids is 1. The Morgan fingerprint density at radius 1 is 1.43 bits per heavy atom. The summed E-state index contributed by atoms with van der Waals surface area (Å²) in [6.45, 7) is -0.0689. The molecule has 0 unspecified atom stereocenters. The molecule has 1 aromatic heterocycles. The zero-order valence-electron chi connectivity index (χ0n) is 12.6. The van der Waals surface area contributed by atoms with E-state index in [1.807, 2.05) is 10.8 Å². The van der Waals surface area contributed by atoms with E-state index in [-0.39, 0.29) is 5.75 Å². The van der Waals surface area contributed by atoms with Gasteiger partial charge in [0, 0.05) is 36.7 Å². The molecule has 0 saturated heterocycles. The molecule has 6 nitrogen and oxygen atoms in total. The normalized spacial score (nSPS) is 10.6. The van der Waals surface area contributed by atoms with Crippen LogP contribution in [0, 0.1) is 6.92 Å². The van der Waals surface area contributed by atoms with Crippen LogP contribution >= 0.6 is 0 Å². The molecule has 2 rings (SSSR count). The lowest BCUT2D eigenvalue weighted by Gasteiger charge is -2.13. The third kappa shape index (κ3) is 5.24. The van der Waals surface area contributed by atoms with E-state index in [1.165, 1.54) is 6.07 Å². The molecule has 0 aliphatic rings. The fraction of sp³-hybridized carbons (Fsp3) is 0.333. The number of imidazole rings is 1. The van der Waals surface area contributed by atoms with Crippen molar-refractivity contribution in [3.63, 3.8) is 0 Å². The van der Waals surface area contributed by atoms with E-state index in [0.29, 0.717) is 17.8 Å². The molecule has 0 aliphatic carbocycles. The third-order valence-corrected chi connectivity index (χ3v) is 3.19. The number of carbonyl (C=O) groups is 1. The van der Waals surface area contributed by atoms with Crippen LogP contribution in [0.25, 0.3) is 0 Å². The van der Waals surface area contributed by atoms with Crippen molar-refractivity contribution in [3.8, 4) is 5.75 Å². The molecule has 0 saturated carbocycles. The van der Waals surface area contributed by atoms with E-state index in [2.05, 4.69) is 20.4 Å². The molecule has 2 aromatic rings. The quantitative estimate of drug-likeness (QED) is 0.769. The Bertz CT molecular complexity index is 632. The number of urea groups is 1. The average molecular weight is 324 g/mol. The van der Waals surface area contributed by atoms with Gasteiger partial charge in [-0.2, -0.15) is 8.78 Å². The van der Waals surface area contributed by atoms with Crippen LogP contribution in [0.3, 0.4) is 0 Å². The van der Waals surface area contributed by atoms with Crippen molar-refractivity contribution in [1.82, 2.24) is 14.9 Å². The molecule has 0 fully saturated rings. The van der Waals surface area contributed by atoms with E-state index >= 15 is 0 Å². The molecule has 0 atom stereocenters. The van der Waals surface area contributed by atoms with Gasteiger partial charge in [0.2, 0.25) is 0 Å². The molecule has 0 radical (unpaired) electrons. The molecular formula is C15H18F2N4O2. The second-order valence-corrected chi connectivity index (χ2v) is 4.84. The van der Waals surface area contributed by atoms with Crippen LogP contribution in [0.2, 0.25) is 0 Å². The van der Waals surface area contributed by atoms with Gasteiger partial charge in [0.25, 0.3) is 0 Å². The Hall–Kier alpha value is -2.64. The number of ether oxygens (including phenoxy) is 1. The largest absolute Gasteiger partial charge is 0.434 e. The van der Waals surface area contributed by atoms with Crippen LogP contribution in [0.4, 0.5) is 19.3 Å². The van der Waals surface area contributed by atoms with Gasteiger partial charge in [-0.25, -0.2) is 9.78 Å². The number of anilines is 1. The van der Waals surface area contributed by atoms with Crippen molar-refractivity contribution in [2.45, 2.75) is 26.5 Å². The van der Waals surface area contributed by atoms with Crippen molar-refractivity contribution in [1.29, 1.82) is 0 Å². The van der Waals surface area contributed by atoms with Crippen LogP contribution in [-0.2, 0) is 6.54 Å². The highest BCUT2D eigenvalue weighted by Gasteiger charge is 2.11. The van der Waals surface area contributed by atoms with E-state index in [1.54, 1.807) is 31.6 Å². The first-order valence-electron chi connectivity index (χ1n) is 7.11. The SMILES string of the molecule is Cc1c(NC(=O)NCCCn2ccnc2)cccc1OC(F)F. The number of nitrogens with one attached hydrogen (secondary N) is 2. The minimum atomic E-state index is -2.90. The number of hydrogen-bond donors (Lipinski definition) is 2. The summed E-state index contributed by atoms with van der Waals surface area (Å²) in [5.74, 6) is 0.0397. The van der Waals surface area contributed by atoms with E-state index in [0.717, 1.165) is 13.0 Å². The number of hydrogen-bond acceptors (Lipinski definition) is 3. The Morgan fingerprint density at radius 3 is 2.96 bits per heavy atom. The average Bonchev–Trinajstić information content (AvgIpc) is 3.01. The Kier molecular flexibility index (Phi) is 5.90. The smallest absolute Gasteiger partial charge is 0.387 e. The van der Waals surface area contributed by atoms with Gasteiger partial charge in [-0.3, -0.25) is 0 Å². The maximum Gasteiger partial charge on any atom is 0.387 e. The van der Waals surface area contributed by atoms with Gasteiger partial charge in [0.15, 0.2) is 0 Å². The number of alkyl halides is 2. The summed E-state index contributed by atoms with van der Waals surface area (Å²) in [5.41, 5.74) is 0.872. The Morgan fingerprint density at radius 2 is 2.26 bits per heavy atom. The second kappa shape index (κ2) is 8.11. The van der Waals surface area contributed by atoms with Crippen LogP contribution in [0.5, 0.6) is 5.75 Å². The van der Waals surface area contributed by atoms with Gasteiger partial charge in [-0.1, -0.05) is 6.07 Å². The summed E-state index contributed by atoms with van der Waals surface area (Å²) in [7, 11) is 0. The highest BCUT2D eigenvalue weighted by Crippen LogP contribution is 2.26. The highest BCUT2D eigenvalue weighted by atomic mass is 19.3. The van der Waals surface area contributed by atoms with Gasteiger partial charge in [-0.15, -0.1) is 0 Å². The lowest BCUT2D eigenvalue weighted by atomic mass is 10.2. The molecule has 23 heavy (non-hydrogen) atoms. The van der Waals surface area contributed by atoms with Gasteiger partial charge in [0.1, 0.15) is 5.75 Å². The number of nitrogens with zero attached hydrogens (tertiary/aromatic N) is 2. The first-order chi connectivity index (χ1) is 11.1. The molecule has 1 aromatic carbocycles. The lowest BCUT2D eigenvalue weighted by Crippen LogP contribution is -2.30. The first kappa shape index (κ1) is 16.7. The third-order valence-electron chi connectivity index (χ3n) is 3.19. The first-order valence-corrected chi connectivity index (χ1v) is 7.11. The zero-order chi connectivity index (χ0) is 16.7. The van der Waals surface area contributed by atoms with Crippen LogP contribution in [0.1, 0.15) is 12.0 Å². The summed E-state index contributed by atoms with van der Waals surface area (Å²) < 4.78 is 30.9. The summed E-state index contributed by atoms with van der Waals surface area (Å²) in [6, 6.07) is 4.20. The van der Waals surface area contributed by atoms with Gasteiger partial charge < -0.3 is 19.9 Å². The number of halogens is 2. The monoisotopic (exact) mass is 324 g/mol. The van der Waals surface area contributed by atoms with Crippen molar-refractivity contribution in [2.24, 2.45) is 0 Å². The number of aryl methyl sites for hydroxylation is 1. The number of rotatable bonds is 7. The van der Waals surface area contributed by atoms with E-state index in [4.69, 9.17) is 0 Å². The van der Waals surface area contributed by atoms with Gasteiger partial charge in [0.05, 0.1) is 6.33 Å². The predicted molar refractivity (Wildman–Crippen MR) is 81.7 cm³/mol. The lowest BCUT2D eigenvalue weighted by molar-refractivity contribution is -0.0502. The number of aromatic nitrogens is 2. The van der Waals surface area contributed by atoms with Crippen molar-refractivity contribution >= 4 is 11.7 Å². The molecule has 2 amide bonds. The molecule has 8 heteroatoms. The summed E-state index contributed by atoms with van der Waals surface area (Å²) in [4.78, 5) is 15.8. The fourth-order valence-corrected chi connectivity index (χ4v) is 2.02. The topological polar surface area (TPSA) is 68.2 Å². The molecular weight excluding hydrogens is 306 g/mol. The van der Waals surface area contributed by atoms with Crippen molar-refractivity contribution < 1.29 is 18.3 Å². The minimum absolute atomic E-state index is 0.0397. The summed E-state index contributed by atoms with van der Waals surface area (Å²) in [6.07, 6.45) is 5.99. The maximum atomic E-state index is 12.3. The number of benzene rings is 1. The van der Waals surface area contributed by atoms with Crippen LogP contribution < -0.4 is 15.4 Å². The fourth-order valence-electron chi connectivity index (χ4n) is 2.02. The molecule has 0 spiro atoms. The van der Waals surface area contributed by atoms with Gasteiger partial charge in [-0.05, 0) is 25.5 Å². The molecule has 0 bridgehead atoms. The molecule has 1 heterocycles. The highest BCUT2D eigenvalue weighted by molar-refractivity contribution is 5.90.